The van der Waals surface area contributed by atoms with Crippen molar-refractivity contribution >= 4 is 56.1 Å². The van der Waals surface area contributed by atoms with Crippen LogP contribution in [0.4, 0.5) is 10.1 Å². The molecule has 0 saturated carbocycles. The van der Waals surface area contributed by atoms with Crippen LogP contribution in [0.3, 0.4) is 0 Å². The lowest BCUT2D eigenvalue weighted by molar-refractivity contribution is -0.115. The van der Waals surface area contributed by atoms with E-state index in [2.05, 4.69) is 10.3 Å². The van der Waals surface area contributed by atoms with E-state index in [4.69, 9.17) is 16.0 Å². The molecule has 170 valence electrons. The molecule has 2 heterocycles. The lowest BCUT2D eigenvalue weighted by atomic mass is 10.2. The molecule has 0 unspecified atom stereocenters. The number of hydrogen-bond donors (Lipinski definition) is 1. The van der Waals surface area contributed by atoms with Crippen LogP contribution >= 0.6 is 23.4 Å². The maximum absolute atomic E-state index is 13.2. The molecule has 0 bridgehead atoms. The molecule has 0 radical (unpaired) electrons. The van der Waals surface area contributed by atoms with Gasteiger partial charge in [0.2, 0.25) is 15.9 Å². The molecule has 0 spiro atoms. The number of carbonyl (C=O) groups excluding carboxylic acids is 1. The Morgan fingerprint density at radius 2 is 1.97 bits per heavy atom. The lowest BCUT2D eigenvalue weighted by Gasteiger charge is -2.25. The molecule has 0 aliphatic carbocycles. The zero-order valence-corrected chi connectivity index (χ0v) is 19.6. The smallest absolute Gasteiger partial charge is 0.257 e. The van der Waals surface area contributed by atoms with Gasteiger partial charge in [0, 0.05) is 13.1 Å². The van der Waals surface area contributed by atoms with Gasteiger partial charge in [0.25, 0.3) is 5.22 Å². The second-order valence-electron chi connectivity index (χ2n) is 7.45. The van der Waals surface area contributed by atoms with Gasteiger partial charge >= 0.3 is 0 Å². The van der Waals surface area contributed by atoms with E-state index in [0.29, 0.717) is 29.9 Å². The maximum atomic E-state index is 13.2. The van der Waals surface area contributed by atoms with Gasteiger partial charge in [0.05, 0.1) is 20.9 Å². The van der Waals surface area contributed by atoms with Crippen LogP contribution < -0.4 is 5.32 Å². The number of sulfonamides is 1. The van der Waals surface area contributed by atoms with Crippen LogP contribution in [-0.2, 0) is 14.8 Å². The van der Waals surface area contributed by atoms with E-state index in [-0.39, 0.29) is 21.0 Å². The van der Waals surface area contributed by atoms with Crippen LogP contribution in [-0.4, -0.2) is 42.0 Å². The van der Waals surface area contributed by atoms with Crippen molar-refractivity contribution in [2.24, 2.45) is 0 Å². The average molecular weight is 498 g/mol. The summed E-state index contributed by atoms with van der Waals surface area (Å²) in [6.45, 7) is 2.70. The third-order valence-corrected chi connectivity index (χ3v) is 8.28. The molecule has 1 amide bonds. The minimum absolute atomic E-state index is 0.0971. The van der Waals surface area contributed by atoms with Crippen molar-refractivity contribution in [1.82, 2.24) is 9.29 Å². The number of hydrogen-bond acceptors (Lipinski definition) is 6. The average Bonchev–Trinajstić information content (AvgIpc) is 3.17. The topological polar surface area (TPSA) is 92.5 Å². The van der Waals surface area contributed by atoms with E-state index in [1.807, 2.05) is 0 Å². The van der Waals surface area contributed by atoms with Gasteiger partial charge in [-0.3, -0.25) is 4.79 Å². The van der Waals surface area contributed by atoms with Gasteiger partial charge < -0.3 is 9.73 Å². The highest BCUT2D eigenvalue weighted by molar-refractivity contribution is 8.00. The molecule has 4 rings (SSSR count). The lowest BCUT2D eigenvalue weighted by Crippen LogP contribution is -2.35. The number of aromatic nitrogens is 1. The molecule has 11 heteroatoms. The fraction of sp³-hybridized carbons (Fsp3) is 0.333. The number of rotatable bonds is 6. The van der Waals surface area contributed by atoms with Crippen LogP contribution in [0.25, 0.3) is 11.1 Å². The number of thioether (sulfide) groups is 1. The molecule has 7 nitrogen and oxygen atoms in total. The van der Waals surface area contributed by atoms with Crippen molar-refractivity contribution in [3.8, 4) is 0 Å². The molecular weight excluding hydrogens is 477 g/mol. The Labute approximate surface area is 194 Å². The molecule has 32 heavy (non-hydrogen) atoms. The Hall–Kier alpha value is -2.14. The summed E-state index contributed by atoms with van der Waals surface area (Å²) in [5, 5.41) is 2.38. The molecule has 1 aliphatic rings. The van der Waals surface area contributed by atoms with Gasteiger partial charge in [-0.15, -0.1) is 0 Å². The van der Waals surface area contributed by atoms with Gasteiger partial charge in [-0.05, 0) is 56.2 Å². The van der Waals surface area contributed by atoms with E-state index >= 15 is 0 Å². The molecule has 1 saturated heterocycles. The first-order valence-electron chi connectivity index (χ1n) is 10.1. The molecule has 1 fully saturated rings. The second kappa shape index (κ2) is 9.38. The summed E-state index contributed by atoms with van der Waals surface area (Å²) < 4.78 is 46.2. The van der Waals surface area contributed by atoms with E-state index < -0.39 is 21.1 Å². The highest BCUT2D eigenvalue weighted by Crippen LogP contribution is 2.30. The summed E-state index contributed by atoms with van der Waals surface area (Å²) in [6, 6.07) is 8.29. The number of halogens is 2. The third kappa shape index (κ3) is 4.93. The molecule has 2 aromatic carbocycles. The number of amides is 1. The summed E-state index contributed by atoms with van der Waals surface area (Å²) in [5.41, 5.74) is 1.13. The Bertz CT molecular complexity index is 1260. The first-order valence-corrected chi connectivity index (χ1v) is 12.8. The van der Waals surface area contributed by atoms with Crippen molar-refractivity contribution in [1.29, 1.82) is 0 Å². The van der Waals surface area contributed by atoms with E-state index in [0.717, 1.165) is 37.1 Å². The minimum atomic E-state index is -3.58. The van der Waals surface area contributed by atoms with Crippen LogP contribution in [0.1, 0.15) is 26.2 Å². The summed E-state index contributed by atoms with van der Waals surface area (Å²) in [7, 11) is -3.58. The third-order valence-electron chi connectivity index (χ3n) is 5.13. The monoisotopic (exact) mass is 497 g/mol. The van der Waals surface area contributed by atoms with Crippen LogP contribution in [0, 0.1) is 5.82 Å². The molecule has 1 aromatic heterocycles. The summed E-state index contributed by atoms with van der Waals surface area (Å²) in [6.07, 6.45) is 2.75. The number of piperidine rings is 1. The SMILES string of the molecule is C[C@H](Sc1nc2cc(S(=O)(=O)N3CCCCC3)ccc2o1)C(=O)Nc1ccc(F)cc1Cl. The molecule has 1 aliphatic heterocycles. The number of carbonyl (C=O) groups is 1. The number of fused-ring (bicyclic) bond motifs is 1. The van der Waals surface area contributed by atoms with Gasteiger partial charge in [-0.25, -0.2) is 17.8 Å². The molecule has 1 atom stereocenters. The largest absolute Gasteiger partial charge is 0.431 e. The van der Waals surface area contributed by atoms with E-state index in [1.54, 1.807) is 13.0 Å². The Balaban J connectivity index is 1.48. The quantitative estimate of drug-likeness (QED) is 0.486. The molecule has 3 aromatic rings. The van der Waals surface area contributed by atoms with Crippen molar-refractivity contribution in [2.45, 2.75) is 41.6 Å². The van der Waals surface area contributed by atoms with Gasteiger partial charge in [-0.1, -0.05) is 29.8 Å². The van der Waals surface area contributed by atoms with Crippen LogP contribution in [0.15, 0.2) is 50.9 Å². The Morgan fingerprint density at radius 1 is 1.22 bits per heavy atom. The highest BCUT2D eigenvalue weighted by Gasteiger charge is 2.27. The fourth-order valence-electron chi connectivity index (χ4n) is 3.38. The highest BCUT2D eigenvalue weighted by atomic mass is 35.5. The van der Waals surface area contributed by atoms with Crippen LogP contribution in [0.5, 0.6) is 0 Å². The first-order chi connectivity index (χ1) is 15.2. The fourth-order valence-corrected chi connectivity index (χ4v) is 5.89. The van der Waals surface area contributed by atoms with E-state index in [9.17, 15) is 17.6 Å². The normalized spacial score (nSPS) is 16.2. The molecular formula is C21H21ClFN3O4S2. The molecule has 1 N–H and O–H groups in total. The van der Waals surface area contributed by atoms with Gasteiger partial charge in [-0.2, -0.15) is 4.31 Å². The van der Waals surface area contributed by atoms with E-state index in [1.165, 1.54) is 28.6 Å². The Morgan fingerprint density at radius 3 is 2.69 bits per heavy atom. The number of nitrogens with one attached hydrogen (secondary N) is 1. The zero-order chi connectivity index (χ0) is 22.9. The van der Waals surface area contributed by atoms with Gasteiger partial charge in [0.15, 0.2) is 5.58 Å². The van der Waals surface area contributed by atoms with Crippen molar-refractivity contribution in [3.63, 3.8) is 0 Å². The summed E-state index contributed by atoms with van der Waals surface area (Å²) in [4.78, 5) is 17.0. The van der Waals surface area contributed by atoms with Crippen LogP contribution in [0.2, 0.25) is 5.02 Å². The van der Waals surface area contributed by atoms with Crippen molar-refractivity contribution < 1.29 is 22.0 Å². The Kier molecular flexibility index (Phi) is 6.75. The number of benzene rings is 2. The minimum Gasteiger partial charge on any atom is -0.431 e. The number of oxazole rings is 1. The number of anilines is 1. The van der Waals surface area contributed by atoms with Gasteiger partial charge in [0.1, 0.15) is 11.3 Å². The summed E-state index contributed by atoms with van der Waals surface area (Å²) in [5.74, 6) is -0.859. The second-order valence-corrected chi connectivity index (χ2v) is 11.1. The predicted octanol–water partition coefficient (Wildman–Crippen LogP) is 4.91. The van der Waals surface area contributed by atoms with Crippen molar-refractivity contribution in [3.05, 3.63) is 47.2 Å². The first kappa shape index (κ1) is 23.0. The van der Waals surface area contributed by atoms with Crippen molar-refractivity contribution in [2.75, 3.05) is 18.4 Å². The summed E-state index contributed by atoms with van der Waals surface area (Å²) >= 11 is 7.03. The standard InChI is InChI=1S/C21H21ClFN3O4S2/c1-13(20(27)24-17-7-5-14(23)11-16(17)22)31-21-25-18-12-15(6-8-19(18)30-21)32(28,29)26-9-3-2-4-10-26/h5-8,11-13H,2-4,9-10H2,1H3,(H,24,27)/t13-/m0/s1. The number of nitrogens with zero attached hydrogens (tertiary/aromatic N) is 2. The zero-order valence-electron chi connectivity index (χ0n) is 17.2. The maximum Gasteiger partial charge on any atom is 0.257 e. The predicted molar refractivity (Wildman–Crippen MR) is 122 cm³/mol.